The van der Waals surface area contributed by atoms with E-state index in [1.807, 2.05) is 0 Å². The van der Waals surface area contributed by atoms with Crippen molar-refractivity contribution < 1.29 is 4.79 Å². The van der Waals surface area contributed by atoms with Crippen molar-refractivity contribution in [1.82, 2.24) is 0 Å². The van der Waals surface area contributed by atoms with Gasteiger partial charge in [0.15, 0.2) is 0 Å². The lowest BCUT2D eigenvalue weighted by Gasteiger charge is -2.06. The summed E-state index contributed by atoms with van der Waals surface area (Å²) in [5, 5.41) is 0. The van der Waals surface area contributed by atoms with Crippen LogP contribution in [0.1, 0.15) is 42.4 Å². The molecule has 1 nitrogen and oxygen atoms in total. The minimum absolute atomic E-state index is 0.403. The summed E-state index contributed by atoms with van der Waals surface area (Å²) in [7, 11) is 0. The quantitative estimate of drug-likeness (QED) is 0.735. The van der Waals surface area contributed by atoms with E-state index >= 15 is 0 Å². The largest absolute Gasteiger partial charge is 0.299 e. The number of aryl methyl sites for hydroxylation is 2. The second-order valence-corrected chi connectivity index (χ2v) is 5.13. The molecular formula is C15H20O. The Kier molecular flexibility index (Phi) is 3.42. The van der Waals surface area contributed by atoms with E-state index in [0.29, 0.717) is 12.2 Å². The van der Waals surface area contributed by atoms with Crippen LogP contribution in [0, 0.1) is 19.8 Å². The molecule has 16 heavy (non-hydrogen) atoms. The van der Waals surface area contributed by atoms with Gasteiger partial charge in [-0.2, -0.15) is 0 Å². The second kappa shape index (κ2) is 4.82. The van der Waals surface area contributed by atoms with Crippen molar-refractivity contribution in [2.24, 2.45) is 5.92 Å². The normalized spacial score (nSPS) is 15.1. The molecule has 1 aromatic carbocycles. The van der Waals surface area contributed by atoms with Crippen LogP contribution in [0.2, 0.25) is 0 Å². The number of carbonyl (C=O) groups excluding carboxylic acids is 1. The standard InChI is InChI=1S/C15H20O/c1-11-3-4-12(2)14(9-11)10-15(16)8-7-13-5-6-13/h3-4,9,13H,5-8,10H2,1-2H3. The van der Waals surface area contributed by atoms with Crippen molar-refractivity contribution in [3.05, 3.63) is 34.9 Å². The average molecular weight is 216 g/mol. The summed E-state index contributed by atoms with van der Waals surface area (Å²) in [6.07, 6.45) is 5.20. The molecule has 0 radical (unpaired) electrons. The maximum atomic E-state index is 11.8. The zero-order chi connectivity index (χ0) is 11.5. The van der Waals surface area contributed by atoms with E-state index < -0.39 is 0 Å². The summed E-state index contributed by atoms with van der Waals surface area (Å²) in [6, 6.07) is 6.36. The minimum Gasteiger partial charge on any atom is -0.299 e. The molecule has 0 bridgehead atoms. The maximum absolute atomic E-state index is 11.8. The molecule has 0 amide bonds. The molecular weight excluding hydrogens is 196 g/mol. The number of hydrogen-bond acceptors (Lipinski definition) is 1. The van der Waals surface area contributed by atoms with Crippen molar-refractivity contribution in [2.45, 2.75) is 46.0 Å². The van der Waals surface area contributed by atoms with Crippen LogP contribution in [0.5, 0.6) is 0 Å². The highest BCUT2D eigenvalue weighted by Gasteiger charge is 2.21. The number of ketones is 1. The lowest BCUT2D eigenvalue weighted by atomic mass is 9.99. The number of hydrogen-bond donors (Lipinski definition) is 0. The van der Waals surface area contributed by atoms with E-state index in [0.717, 1.165) is 18.8 Å². The lowest BCUT2D eigenvalue weighted by molar-refractivity contribution is -0.118. The van der Waals surface area contributed by atoms with Gasteiger partial charge >= 0.3 is 0 Å². The van der Waals surface area contributed by atoms with E-state index in [1.165, 1.54) is 29.5 Å². The molecule has 1 fully saturated rings. The Morgan fingerprint density at radius 2 is 2.06 bits per heavy atom. The Hall–Kier alpha value is -1.11. The molecule has 0 unspecified atom stereocenters. The molecule has 0 aliphatic heterocycles. The molecule has 0 heterocycles. The summed E-state index contributed by atoms with van der Waals surface area (Å²) < 4.78 is 0. The summed E-state index contributed by atoms with van der Waals surface area (Å²) in [5.41, 5.74) is 3.70. The van der Waals surface area contributed by atoms with Crippen LogP contribution in [0.15, 0.2) is 18.2 Å². The summed E-state index contributed by atoms with van der Waals surface area (Å²) in [5.74, 6) is 1.27. The van der Waals surface area contributed by atoms with Gasteiger partial charge in [0, 0.05) is 12.8 Å². The van der Waals surface area contributed by atoms with Crippen LogP contribution in [-0.2, 0) is 11.2 Å². The van der Waals surface area contributed by atoms with E-state index in [2.05, 4.69) is 32.0 Å². The molecule has 0 aromatic heterocycles. The molecule has 1 saturated carbocycles. The monoisotopic (exact) mass is 216 g/mol. The van der Waals surface area contributed by atoms with Crippen LogP contribution < -0.4 is 0 Å². The molecule has 1 aliphatic rings. The highest BCUT2D eigenvalue weighted by Crippen LogP contribution is 2.33. The van der Waals surface area contributed by atoms with Gasteiger partial charge in [0.2, 0.25) is 0 Å². The Bertz CT molecular complexity index is 388. The van der Waals surface area contributed by atoms with E-state index in [9.17, 15) is 4.79 Å². The molecule has 1 aromatic rings. The van der Waals surface area contributed by atoms with E-state index in [1.54, 1.807) is 0 Å². The zero-order valence-electron chi connectivity index (χ0n) is 10.3. The second-order valence-electron chi connectivity index (χ2n) is 5.13. The molecule has 2 rings (SSSR count). The molecule has 86 valence electrons. The fourth-order valence-corrected chi connectivity index (χ4v) is 2.06. The third-order valence-corrected chi connectivity index (χ3v) is 3.42. The van der Waals surface area contributed by atoms with Gasteiger partial charge in [-0.1, -0.05) is 36.6 Å². The van der Waals surface area contributed by atoms with Gasteiger partial charge in [0.05, 0.1) is 0 Å². The van der Waals surface area contributed by atoms with Gasteiger partial charge in [-0.3, -0.25) is 4.79 Å². The Balaban J connectivity index is 1.91. The highest BCUT2D eigenvalue weighted by molar-refractivity contribution is 5.81. The Morgan fingerprint density at radius 1 is 1.31 bits per heavy atom. The number of Topliss-reactive ketones (excluding diaryl/α,β-unsaturated/α-hetero) is 1. The van der Waals surface area contributed by atoms with Crippen molar-refractivity contribution in [3.63, 3.8) is 0 Å². The maximum Gasteiger partial charge on any atom is 0.137 e. The van der Waals surface area contributed by atoms with Crippen LogP contribution in [-0.4, -0.2) is 5.78 Å². The van der Waals surface area contributed by atoms with Crippen molar-refractivity contribution in [3.8, 4) is 0 Å². The first-order valence-electron chi connectivity index (χ1n) is 6.23. The van der Waals surface area contributed by atoms with Gasteiger partial charge < -0.3 is 0 Å². The number of benzene rings is 1. The van der Waals surface area contributed by atoms with Crippen LogP contribution in [0.4, 0.5) is 0 Å². The topological polar surface area (TPSA) is 17.1 Å². The first-order valence-corrected chi connectivity index (χ1v) is 6.23. The number of rotatable bonds is 5. The first kappa shape index (κ1) is 11.4. The SMILES string of the molecule is Cc1ccc(C)c(CC(=O)CCC2CC2)c1. The average Bonchev–Trinajstić information content (AvgIpc) is 3.04. The van der Waals surface area contributed by atoms with Crippen molar-refractivity contribution >= 4 is 5.78 Å². The van der Waals surface area contributed by atoms with Gasteiger partial charge in [0.1, 0.15) is 5.78 Å². The van der Waals surface area contributed by atoms with Crippen LogP contribution >= 0.6 is 0 Å². The van der Waals surface area contributed by atoms with Gasteiger partial charge in [-0.15, -0.1) is 0 Å². The molecule has 0 spiro atoms. The van der Waals surface area contributed by atoms with E-state index in [4.69, 9.17) is 0 Å². The zero-order valence-corrected chi connectivity index (χ0v) is 10.3. The predicted molar refractivity (Wildman–Crippen MR) is 66.6 cm³/mol. The minimum atomic E-state index is 0.403. The Morgan fingerprint density at radius 3 is 2.75 bits per heavy atom. The Labute approximate surface area is 97.9 Å². The predicted octanol–water partition coefficient (Wildman–Crippen LogP) is 3.61. The molecule has 1 aliphatic carbocycles. The van der Waals surface area contributed by atoms with Gasteiger partial charge in [0.25, 0.3) is 0 Å². The smallest absolute Gasteiger partial charge is 0.137 e. The molecule has 0 N–H and O–H groups in total. The summed E-state index contributed by atoms with van der Waals surface area (Å²) >= 11 is 0. The third-order valence-electron chi connectivity index (χ3n) is 3.42. The summed E-state index contributed by atoms with van der Waals surface area (Å²) in [6.45, 7) is 4.17. The van der Waals surface area contributed by atoms with Gasteiger partial charge in [-0.25, -0.2) is 0 Å². The van der Waals surface area contributed by atoms with Gasteiger partial charge in [-0.05, 0) is 37.3 Å². The lowest BCUT2D eigenvalue weighted by Crippen LogP contribution is -2.04. The number of carbonyl (C=O) groups is 1. The summed E-state index contributed by atoms with van der Waals surface area (Å²) in [4.78, 5) is 11.8. The van der Waals surface area contributed by atoms with E-state index in [-0.39, 0.29) is 0 Å². The fourth-order valence-electron chi connectivity index (χ4n) is 2.06. The van der Waals surface area contributed by atoms with Crippen molar-refractivity contribution in [2.75, 3.05) is 0 Å². The first-order chi connectivity index (χ1) is 7.65. The van der Waals surface area contributed by atoms with Crippen molar-refractivity contribution in [1.29, 1.82) is 0 Å². The fraction of sp³-hybridized carbons (Fsp3) is 0.533. The van der Waals surface area contributed by atoms with Crippen LogP contribution in [0.25, 0.3) is 0 Å². The third kappa shape index (κ3) is 3.19. The highest BCUT2D eigenvalue weighted by atomic mass is 16.1. The molecule has 1 heteroatoms. The molecule has 0 saturated heterocycles. The molecule has 0 atom stereocenters. The van der Waals surface area contributed by atoms with Crippen LogP contribution in [0.3, 0.4) is 0 Å².